The van der Waals surface area contributed by atoms with Gasteiger partial charge >= 0.3 is 0 Å². The molecule has 0 unspecified atom stereocenters. The number of rotatable bonds is 3. The fourth-order valence-corrected chi connectivity index (χ4v) is 6.67. The van der Waals surface area contributed by atoms with E-state index in [0.29, 0.717) is 0 Å². The highest BCUT2D eigenvalue weighted by molar-refractivity contribution is 6.18. The second-order valence-corrected chi connectivity index (χ2v) is 11.1. The van der Waals surface area contributed by atoms with E-state index in [-0.39, 0.29) is 0 Å². The van der Waals surface area contributed by atoms with Crippen LogP contribution in [0.1, 0.15) is 0 Å². The maximum atomic E-state index is 4.40. The second-order valence-electron chi connectivity index (χ2n) is 11.1. The van der Waals surface area contributed by atoms with Crippen LogP contribution >= 0.6 is 0 Å². The minimum atomic E-state index is 0.750. The van der Waals surface area contributed by atoms with Gasteiger partial charge in [-0.15, -0.1) is 0 Å². The zero-order valence-electron chi connectivity index (χ0n) is 22.8. The summed E-state index contributed by atoms with van der Waals surface area (Å²) in [6.45, 7) is 0. The smallest absolute Gasteiger partial charge is 0.159 e. The molecule has 2 nitrogen and oxygen atoms in total. The van der Waals surface area contributed by atoms with Gasteiger partial charge in [-0.1, -0.05) is 103 Å². The van der Waals surface area contributed by atoms with E-state index in [1.165, 1.54) is 76.8 Å². The maximum absolute atomic E-state index is 4.40. The molecule has 9 rings (SSSR count). The zero-order valence-corrected chi connectivity index (χ0v) is 22.8. The number of aromatic nitrogens is 2. The molecule has 0 N–H and O–H groups in total. The molecule has 42 heavy (non-hydrogen) atoms. The fraction of sp³-hybridized carbons (Fsp3) is 0. The molecule has 0 spiro atoms. The van der Waals surface area contributed by atoms with Gasteiger partial charge in [0.25, 0.3) is 0 Å². The number of nitrogens with zero attached hydrogens (tertiary/aromatic N) is 2. The molecule has 1 aliphatic carbocycles. The Bertz CT molecular complexity index is 2320. The van der Waals surface area contributed by atoms with Gasteiger partial charge in [-0.25, -0.2) is 9.97 Å². The van der Waals surface area contributed by atoms with Gasteiger partial charge in [0.05, 0.1) is 0 Å². The SMILES string of the molecule is c1cnc(-c2ccc3cc(-c4ccc5cc(-c6ccc7c8c(cccc68)-c6ccccc6-7)ccc5c4)ccc3c2)nc1. The van der Waals surface area contributed by atoms with Crippen molar-refractivity contribution in [3.63, 3.8) is 0 Å². The van der Waals surface area contributed by atoms with Crippen LogP contribution in [0.3, 0.4) is 0 Å². The van der Waals surface area contributed by atoms with Crippen LogP contribution in [-0.4, -0.2) is 9.97 Å². The molecule has 7 aromatic carbocycles. The summed E-state index contributed by atoms with van der Waals surface area (Å²) in [5.41, 5.74) is 11.3. The third-order valence-corrected chi connectivity index (χ3v) is 8.70. The van der Waals surface area contributed by atoms with Gasteiger partial charge in [-0.3, -0.25) is 0 Å². The van der Waals surface area contributed by atoms with E-state index in [9.17, 15) is 0 Å². The molecule has 0 fully saturated rings. The lowest BCUT2D eigenvalue weighted by atomic mass is 9.92. The topological polar surface area (TPSA) is 25.8 Å². The van der Waals surface area contributed by atoms with Gasteiger partial charge in [-0.05, 0) is 107 Å². The Hall–Kier alpha value is -5.60. The first kappa shape index (κ1) is 23.1. The Morgan fingerprint density at radius 3 is 1.50 bits per heavy atom. The van der Waals surface area contributed by atoms with Gasteiger partial charge in [0, 0.05) is 18.0 Å². The lowest BCUT2D eigenvalue weighted by Crippen LogP contribution is -1.87. The first-order chi connectivity index (χ1) is 20.8. The first-order valence-corrected chi connectivity index (χ1v) is 14.3. The molecule has 8 aromatic rings. The van der Waals surface area contributed by atoms with Crippen molar-refractivity contribution in [1.29, 1.82) is 0 Å². The Morgan fingerprint density at radius 1 is 0.333 bits per heavy atom. The number of hydrogen-bond donors (Lipinski definition) is 0. The predicted octanol–water partition coefficient (Wildman–Crippen LogP) is 10.6. The average molecular weight is 533 g/mol. The molecule has 1 aromatic heterocycles. The van der Waals surface area contributed by atoms with Gasteiger partial charge in [0.2, 0.25) is 0 Å². The number of benzene rings is 7. The molecule has 0 bridgehead atoms. The molecule has 2 heteroatoms. The van der Waals surface area contributed by atoms with Crippen LogP contribution in [0.5, 0.6) is 0 Å². The summed E-state index contributed by atoms with van der Waals surface area (Å²) in [7, 11) is 0. The highest BCUT2D eigenvalue weighted by Crippen LogP contribution is 2.49. The normalized spacial score (nSPS) is 11.8. The van der Waals surface area contributed by atoms with E-state index < -0.39 is 0 Å². The Balaban J connectivity index is 1.09. The average Bonchev–Trinajstić information content (AvgIpc) is 3.39. The van der Waals surface area contributed by atoms with Crippen molar-refractivity contribution in [2.75, 3.05) is 0 Å². The zero-order chi connectivity index (χ0) is 27.6. The largest absolute Gasteiger partial charge is 0.237 e. The summed E-state index contributed by atoms with van der Waals surface area (Å²) in [5.74, 6) is 0.750. The van der Waals surface area contributed by atoms with Crippen LogP contribution in [0, 0.1) is 0 Å². The van der Waals surface area contributed by atoms with Crippen molar-refractivity contribution in [3.05, 3.63) is 146 Å². The van der Waals surface area contributed by atoms with Crippen LogP contribution in [0.25, 0.3) is 88.2 Å². The van der Waals surface area contributed by atoms with E-state index in [4.69, 9.17) is 0 Å². The van der Waals surface area contributed by atoms with E-state index in [0.717, 1.165) is 11.4 Å². The van der Waals surface area contributed by atoms with E-state index in [2.05, 4.69) is 137 Å². The van der Waals surface area contributed by atoms with Crippen molar-refractivity contribution in [1.82, 2.24) is 9.97 Å². The lowest BCUT2D eigenvalue weighted by Gasteiger charge is -2.11. The molecule has 0 radical (unpaired) electrons. The Kier molecular flexibility index (Phi) is 4.93. The van der Waals surface area contributed by atoms with Crippen molar-refractivity contribution < 1.29 is 0 Å². The lowest BCUT2D eigenvalue weighted by molar-refractivity contribution is 1.18. The van der Waals surface area contributed by atoms with Crippen LogP contribution < -0.4 is 0 Å². The monoisotopic (exact) mass is 532 g/mol. The third kappa shape index (κ3) is 3.52. The van der Waals surface area contributed by atoms with Gasteiger partial charge in [-0.2, -0.15) is 0 Å². The predicted molar refractivity (Wildman–Crippen MR) is 175 cm³/mol. The minimum Gasteiger partial charge on any atom is -0.237 e. The van der Waals surface area contributed by atoms with Gasteiger partial charge < -0.3 is 0 Å². The Labute approximate surface area is 243 Å². The molecule has 0 aliphatic heterocycles. The fourth-order valence-electron chi connectivity index (χ4n) is 6.67. The summed E-state index contributed by atoms with van der Waals surface area (Å²) in [4.78, 5) is 8.80. The molecule has 0 saturated carbocycles. The number of hydrogen-bond acceptors (Lipinski definition) is 2. The standard InChI is InChI=1S/C40H24N2/c1-2-6-35-34(5-1)37-8-3-7-36-33(17-18-38(35)39(36)37)31-15-13-27-21-25(9-11-29(27)23-31)26-10-12-30-24-32(16-14-28(30)22-26)40-41-19-4-20-42-40/h1-24H. The summed E-state index contributed by atoms with van der Waals surface area (Å²) in [5, 5.41) is 7.56. The highest BCUT2D eigenvalue weighted by Gasteiger charge is 2.22. The molecule has 0 saturated heterocycles. The van der Waals surface area contributed by atoms with E-state index >= 15 is 0 Å². The summed E-state index contributed by atoms with van der Waals surface area (Å²) < 4.78 is 0. The van der Waals surface area contributed by atoms with Crippen LogP contribution in [0.2, 0.25) is 0 Å². The van der Waals surface area contributed by atoms with Crippen LogP contribution in [0.4, 0.5) is 0 Å². The van der Waals surface area contributed by atoms with Crippen LogP contribution in [-0.2, 0) is 0 Å². The first-order valence-electron chi connectivity index (χ1n) is 14.3. The molecular weight excluding hydrogens is 508 g/mol. The van der Waals surface area contributed by atoms with Crippen molar-refractivity contribution in [3.8, 4) is 55.9 Å². The second kappa shape index (κ2) is 8.95. The highest BCUT2D eigenvalue weighted by atomic mass is 14.8. The van der Waals surface area contributed by atoms with Crippen molar-refractivity contribution in [2.24, 2.45) is 0 Å². The van der Waals surface area contributed by atoms with E-state index in [1.54, 1.807) is 12.4 Å². The molecular formula is C40H24N2. The maximum Gasteiger partial charge on any atom is 0.159 e. The molecule has 0 amide bonds. The van der Waals surface area contributed by atoms with Crippen molar-refractivity contribution in [2.45, 2.75) is 0 Å². The Morgan fingerprint density at radius 2 is 0.833 bits per heavy atom. The van der Waals surface area contributed by atoms with Gasteiger partial charge in [0.1, 0.15) is 0 Å². The summed E-state index contributed by atoms with van der Waals surface area (Å²) >= 11 is 0. The summed E-state index contributed by atoms with van der Waals surface area (Å²) in [6.07, 6.45) is 3.56. The summed E-state index contributed by atoms with van der Waals surface area (Å²) in [6, 6.07) is 48.7. The quantitative estimate of drug-likeness (QED) is 0.226. The molecule has 1 heterocycles. The molecule has 1 aliphatic rings. The molecule has 194 valence electrons. The third-order valence-electron chi connectivity index (χ3n) is 8.70. The minimum absolute atomic E-state index is 0.750. The van der Waals surface area contributed by atoms with E-state index in [1.807, 2.05) is 6.07 Å². The van der Waals surface area contributed by atoms with Crippen molar-refractivity contribution >= 4 is 32.3 Å². The van der Waals surface area contributed by atoms with Gasteiger partial charge in [0.15, 0.2) is 5.82 Å². The van der Waals surface area contributed by atoms with Crippen LogP contribution in [0.15, 0.2) is 146 Å². The molecule has 0 atom stereocenters. The number of fused-ring (bicyclic) bond motifs is 5.